The van der Waals surface area contributed by atoms with Gasteiger partial charge >= 0.3 is 5.97 Å². The van der Waals surface area contributed by atoms with E-state index in [-0.39, 0.29) is 24.3 Å². The van der Waals surface area contributed by atoms with E-state index in [2.05, 4.69) is 5.10 Å². The summed E-state index contributed by atoms with van der Waals surface area (Å²) in [6, 6.07) is 5.42. The van der Waals surface area contributed by atoms with E-state index in [0.29, 0.717) is 41.0 Å². The van der Waals surface area contributed by atoms with Gasteiger partial charge in [-0.3, -0.25) is 9.59 Å². The Bertz CT molecular complexity index is 1060. The second kappa shape index (κ2) is 8.91. The van der Waals surface area contributed by atoms with E-state index >= 15 is 0 Å². The van der Waals surface area contributed by atoms with Gasteiger partial charge in [-0.25, -0.2) is 9.67 Å². The lowest BCUT2D eigenvalue weighted by Crippen LogP contribution is -2.29. The maximum atomic E-state index is 13.3. The summed E-state index contributed by atoms with van der Waals surface area (Å²) < 4.78 is 12.6. The van der Waals surface area contributed by atoms with E-state index in [1.807, 2.05) is 40.7 Å². The fourth-order valence-electron chi connectivity index (χ4n) is 3.28. The number of carbonyl (C=O) groups is 2. The molecule has 3 heterocycles. The first-order valence-electron chi connectivity index (χ1n) is 10.5. The van der Waals surface area contributed by atoms with Crippen LogP contribution < -0.4 is 0 Å². The minimum absolute atomic E-state index is 0.0892. The van der Waals surface area contributed by atoms with Crippen molar-refractivity contribution in [1.29, 1.82) is 0 Å². The molecule has 0 aliphatic heterocycles. The van der Waals surface area contributed by atoms with Crippen molar-refractivity contribution in [3.63, 3.8) is 0 Å². The lowest BCUT2D eigenvalue weighted by molar-refractivity contribution is -0.154. The average molecular weight is 427 g/mol. The van der Waals surface area contributed by atoms with E-state index < -0.39 is 5.60 Å². The summed E-state index contributed by atoms with van der Waals surface area (Å²) in [5.41, 5.74) is 1.20. The van der Waals surface area contributed by atoms with Crippen molar-refractivity contribution in [2.75, 3.05) is 13.6 Å². The largest absolute Gasteiger partial charge is 0.463 e. The van der Waals surface area contributed by atoms with E-state index in [4.69, 9.17) is 14.1 Å². The molecule has 0 aromatic carbocycles. The molecule has 1 amide bonds. The molecule has 0 aliphatic carbocycles. The first-order chi connectivity index (χ1) is 14.6. The van der Waals surface area contributed by atoms with Crippen LogP contribution in [0.4, 0.5) is 0 Å². The molecule has 8 nitrogen and oxygen atoms in total. The summed E-state index contributed by atoms with van der Waals surface area (Å²) in [4.78, 5) is 31.5. The van der Waals surface area contributed by atoms with E-state index in [9.17, 15) is 9.59 Å². The number of pyridine rings is 1. The number of hydrogen-bond acceptors (Lipinski definition) is 6. The predicted molar refractivity (Wildman–Crippen MR) is 118 cm³/mol. The number of furan rings is 1. The highest BCUT2D eigenvalue weighted by Crippen LogP contribution is 2.27. The number of fused-ring (bicyclic) bond motifs is 1. The fourth-order valence-corrected chi connectivity index (χ4v) is 3.28. The zero-order chi connectivity index (χ0) is 22.8. The molecule has 166 valence electrons. The van der Waals surface area contributed by atoms with Gasteiger partial charge in [0.2, 0.25) is 0 Å². The number of aromatic nitrogens is 3. The molecule has 0 saturated heterocycles. The topological polar surface area (TPSA) is 90.5 Å². The maximum absolute atomic E-state index is 13.3. The molecule has 0 bridgehead atoms. The van der Waals surface area contributed by atoms with Crippen molar-refractivity contribution in [3.05, 3.63) is 36.2 Å². The van der Waals surface area contributed by atoms with Crippen LogP contribution in [0.25, 0.3) is 22.5 Å². The van der Waals surface area contributed by atoms with Crippen LogP contribution in [0.2, 0.25) is 0 Å². The predicted octanol–water partition coefficient (Wildman–Crippen LogP) is 4.47. The Morgan fingerprint density at radius 3 is 2.65 bits per heavy atom. The molecule has 0 unspecified atom stereocenters. The number of rotatable bonds is 7. The highest BCUT2D eigenvalue weighted by molar-refractivity contribution is 6.06. The van der Waals surface area contributed by atoms with Gasteiger partial charge in [0.05, 0.1) is 23.4 Å². The summed E-state index contributed by atoms with van der Waals surface area (Å²) in [6.45, 7) is 9.96. The van der Waals surface area contributed by atoms with Crippen molar-refractivity contribution in [3.8, 4) is 11.5 Å². The van der Waals surface area contributed by atoms with Crippen LogP contribution in [0.15, 0.2) is 35.1 Å². The molecule has 0 aliphatic rings. The van der Waals surface area contributed by atoms with Gasteiger partial charge in [0, 0.05) is 26.1 Å². The van der Waals surface area contributed by atoms with Crippen LogP contribution in [0.3, 0.4) is 0 Å². The number of amides is 1. The Hall–Kier alpha value is -3.16. The van der Waals surface area contributed by atoms with Gasteiger partial charge < -0.3 is 14.1 Å². The van der Waals surface area contributed by atoms with Crippen molar-refractivity contribution in [2.24, 2.45) is 0 Å². The normalized spacial score (nSPS) is 11.8. The maximum Gasteiger partial charge on any atom is 0.306 e. The van der Waals surface area contributed by atoms with Crippen LogP contribution in [-0.2, 0) is 9.53 Å². The number of hydrogen-bond donors (Lipinski definition) is 0. The van der Waals surface area contributed by atoms with Gasteiger partial charge in [-0.05, 0) is 59.2 Å². The van der Waals surface area contributed by atoms with Gasteiger partial charge in [0.25, 0.3) is 5.91 Å². The molecule has 0 atom stereocenters. The van der Waals surface area contributed by atoms with Gasteiger partial charge in [0.1, 0.15) is 11.3 Å². The van der Waals surface area contributed by atoms with Crippen molar-refractivity contribution in [1.82, 2.24) is 19.7 Å². The molecule has 0 spiro atoms. The zero-order valence-electron chi connectivity index (χ0n) is 19.0. The molecule has 0 fully saturated rings. The summed E-state index contributed by atoms with van der Waals surface area (Å²) >= 11 is 0. The lowest BCUT2D eigenvalue weighted by atomic mass is 10.1. The highest BCUT2D eigenvalue weighted by atomic mass is 16.6. The molecular formula is C23H30N4O4. The van der Waals surface area contributed by atoms with Crippen LogP contribution in [0.1, 0.15) is 63.9 Å². The molecule has 8 heteroatoms. The number of ether oxygens (including phenoxy) is 1. The third-order valence-corrected chi connectivity index (χ3v) is 4.70. The van der Waals surface area contributed by atoms with Crippen molar-refractivity contribution in [2.45, 2.75) is 59.1 Å². The smallest absolute Gasteiger partial charge is 0.306 e. The third-order valence-electron chi connectivity index (χ3n) is 4.70. The van der Waals surface area contributed by atoms with Gasteiger partial charge in [-0.15, -0.1) is 0 Å². The van der Waals surface area contributed by atoms with E-state index in [0.717, 1.165) is 0 Å². The van der Waals surface area contributed by atoms with Crippen molar-refractivity contribution < 1.29 is 18.7 Å². The Balaban J connectivity index is 1.83. The molecule has 31 heavy (non-hydrogen) atoms. The standard InChI is InChI=1S/C23H30N4O4/c1-15(2)27-21-17(14-24-27)16(13-18(25-21)19-9-8-12-30-19)22(29)26(6)11-7-10-20(28)31-23(3,4)5/h8-9,12-15H,7,10-11H2,1-6H3. The SMILES string of the molecule is CC(C)n1ncc2c(C(=O)N(C)CCCC(=O)OC(C)(C)C)cc(-c3ccco3)nc21. The molecule has 0 radical (unpaired) electrons. The van der Waals surface area contributed by atoms with Crippen LogP contribution in [0.5, 0.6) is 0 Å². The third kappa shape index (κ3) is 5.31. The molecule has 3 aromatic rings. The van der Waals surface area contributed by atoms with Crippen molar-refractivity contribution >= 4 is 22.9 Å². The summed E-state index contributed by atoms with van der Waals surface area (Å²) in [5, 5.41) is 5.12. The van der Waals surface area contributed by atoms with Crippen LogP contribution in [-0.4, -0.2) is 50.7 Å². The molecule has 0 saturated carbocycles. The Morgan fingerprint density at radius 1 is 1.29 bits per heavy atom. The number of carbonyl (C=O) groups excluding carboxylic acids is 2. The van der Waals surface area contributed by atoms with Crippen LogP contribution in [0, 0.1) is 0 Å². The first-order valence-corrected chi connectivity index (χ1v) is 10.5. The van der Waals surface area contributed by atoms with Gasteiger partial charge in [-0.2, -0.15) is 5.10 Å². The minimum Gasteiger partial charge on any atom is -0.463 e. The Labute approximate surface area is 182 Å². The van der Waals surface area contributed by atoms with E-state index in [1.165, 1.54) is 0 Å². The molecular weight excluding hydrogens is 396 g/mol. The molecule has 3 aromatic heterocycles. The lowest BCUT2D eigenvalue weighted by Gasteiger charge is -2.21. The molecule has 3 rings (SSSR count). The second-order valence-corrected chi connectivity index (χ2v) is 8.87. The summed E-state index contributed by atoms with van der Waals surface area (Å²) in [6.07, 6.45) is 4.02. The Kier molecular flexibility index (Phi) is 6.48. The number of nitrogens with zero attached hydrogens (tertiary/aromatic N) is 4. The van der Waals surface area contributed by atoms with E-state index in [1.54, 1.807) is 41.2 Å². The monoisotopic (exact) mass is 426 g/mol. The number of esters is 1. The highest BCUT2D eigenvalue weighted by Gasteiger charge is 2.22. The summed E-state index contributed by atoms with van der Waals surface area (Å²) in [7, 11) is 1.73. The second-order valence-electron chi connectivity index (χ2n) is 8.87. The fraction of sp³-hybridized carbons (Fsp3) is 0.478. The zero-order valence-corrected chi connectivity index (χ0v) is 19.0. The summed E-state index contributed by atoms with van der Waals surface area (Å²) in [5.74, 6) is 0.158. The van der Waals surface area contributed by atoms with Gasteiger partial charge in [0.15, 0.2) is 11.4 Å². The molecule has 0 N–H and O–H groups in total. The Morgan fingerprint density at radius 2 is 2.03 bits per heavy atom. The first kappa shape index (κ1) is 22.5. The van der Waals surface area contributed by atoms with Crippen LogP contribution >= 0.6 is 0 Å². The quantitative estimate of drug-likeness (QED) is 0.518. The minimum atomic E-state index is -0.514. The van der Waals surface area contributed by atoms with Gasteiger partial charge in [-0.1, -0.05) is 0 Å². The average Bonchev–Trinajstić information content (AvgIpc) is 3.34.